The van der Waals surface area contributed by atoms with Gasteiger partial charge in [-0.15, -0.1) is 24.0 Å². The number of hydrogen-bond acceptors (Lipinski definition) is 3. The van der Waals surface area contributed by atoms with E-state index in [-0.39, 0.29) is 41.6 Å². The highest BCUT2D eigenvalue weighted by molar-refractivity contribution is 14.0. The summed E-state index contributed by atoms with van der Waals surface area (Å²) in [6, 6.07) is 4.98. The molecule has 1 saturated heterocycles. The molecule has 0 aromatic heterocycles. The van der Waals surface area contributed by atoms with Crippen molar-refractivity contribution in [3.8, 4) is 5.75 Å². The summed E-state index contributed by atoms with van der Waals surface area (Å²) in [5.41, 5.74) is 0.859. The van der Waals surface area contributed by atoms with Crippen molar-refractivity contribution < 1.29 is 9.13 Å². The van der Waals surface area contributed by atoms with Crippen LogP contribution in [0.1, 0.15) is 44.7 Å². The molecule has 5 nitrogen and oxygen atoms in total. The largest absolute Gasteiger partial charge is 0.494 e. The minimum absolute atomic E-state index is 0. The smallest absolute Gasteiger partial charge is 0.191 e. The molecule has 1 atom stereocenters. The van der Waals surface area contributed by atoms with Crippen LogP contribution < -0.4 is 15.4 Å². The van der Waals surface area contributed by atoms with Gasteiger partial charge < -0.3 is 20.3 Å². The van der Waals surface area contributed by atoms with Gasteiger partial charge in [-0.3, -0.25) is 4.99 Å². The fourth-order valence-corrected chi connectivity index (χ4v) is 3.42. The van der Waals surface area contributed by atoms with Crippen molar-refractivity contribution in [2.45, 2.75) is 39.2 Å². The number of piperidine rings is 1. The van der Waals surface area contributed by atoms with E-state index >= 15 is 0 Å². The van der Waals surface area contributed by atoms with Gasteiger partial charge in [0.15, 0.2) is 17.5 Å². The minimum Gasteiger partial charge on any atom is -0.494 e. The van der Waals surface area contributed by atoms with E-state index < -0.39 is 0 Å². The molecular weight excluding hydrogens is 458 g/mol. The Morgan fingerprint density at radius 2 is 2.07 bits per heavy atom. The van der Waals surface area contributed by atoms with Gasteiger partial charge in [0.25, 0.3) is 0 Å². The Kier molecular flexibility index (Phi) is 11.0. The van der Waals surface area contributed by atoms with Crippen LogP contribution in [-0.4, -0.2) is 51.2 Å². The van der Waals surface area contributed by atoms with E-state index in [9.17, 15) is 4.39 Å². The van der Waals surface area contributed by atoms with Crippen LogP contribution in [0.3, 0.4) is 0 Å². The molecule has 2 N–H and O–H groups in total. The molecule has 0 saturated carbocycles. The predicted molar refractivity (Wildman–Crippen MR) is 121 cm³/mol. The topological polar surface area (TPSA) is 48.9 Å². The first-order chi connectivity index (χ1) is 12.6. The van der Waals surface area contributed by atoms with Crippen LogP contribution in [-0.2, 0) is 0 Å². The van der Waals surface area contributed by atoms with Crippen molar-refractivity contribution in [1.29, 1.82) is 0 Å². The average Bonchev–Trinajstić information content (AvgIpc) is 2.67. The predicted octanol–water partition coefficient (Wildman–Crippen LogP) is 3.80. The van der Waals surface area contributed by atoms with Crippen LogP contribution in [0.5, 0.6) is 5.75 Å². The summed E-state index contributed by atoms with van der Waals surface area (Å²) in [6.45, 7) is 8.72. The second kappa shape index (κ2) is 12.4. The summed E-state index contributed by atoms with van der Waals surface area (Å²) in [7, 11) is 3.23. The van der Waals surface area contributed by atoms with E-state index in [4.69, 9.17) is 4.74 Å². The van der Waals surface area contributed by atoms with Crippen molar-refractivity contribution >= 4 is 29.9 Å². The SMILES string of the molecule is CCN1CCC(CCNC(=NC)NC(C)c2ccc(OC)c(F)c2)CC1.I. The molecule has 2 rings (SSSR count). The summed E-state index contributed by atoms with van der Waals surface area (Å²) in [6.07, 6.45) is 3.72. The zero-order valence-electron chi connectivity index (χ0n) is 16.9. The second-order valence-corrected chi connectivity index (χ2v) is 6.93. The molecule has 154 valence electrons. The Bertz CT molecular complexity index is 591. The Morgan fingerprint density at radius 3 is 2.63 bits per heavy atom. The normalized spacial score (nSPS) is 17.1. The van der Waals surface area contributed by atoms with Crippen molar-refractivity contribution in [1.82, 2.24) is 15.5 Å². The van der Waals surface area contributed by atoms with E-state index in [1.807, 2.05) is 13.0 Å². The zero-order chi connectivity index (χ0) is 18.9. The maximum absolute atomic E-state index is 13.9. The molecule has 0 radical (unpaired) electrons. The van der Waals surface area contributed by atoms with E-state index in [0.717, 1.165) is 37.0 Å². The first kappa shape index (κ1) is 23.9. The summed E-state index contributed by atoms with van der Waals surface area (Å²) in [5, 5.41) is 6.71. The fraction of sp³-hybridized carbons (Fsp3) is 0.650. The lowest BCUT2D eigenvalue weighted by Crippen LogP contribution is -2.40. The average molecular weight is 492 g/mol. The number of benzene rings is 1. The second-order valence-electron chi connectivity index (χ2n) is 6.93. The van der Waals surface area contributed by atoms with Gasteiger partial charge in [0, 0.05) is 13.6 Å². The molecule has 27 heavy (non-hydrogen) atoms. The van der Waals surface area contributed by atoms with Crippen LogP contribution in [0, 0.1) is 11.7 Å². The Balaban J connectivity index is 0.00000364. The first-order valence-electron chi connectivity index (χ1n) is 9.60. The third kappa shape index (κ3) is 7.44. The summed E-state index contributed by atoms with van der Waals surface area (Å²) in [4.78, 5) is 6.80. The Morgan fingerprint density at radius 1 is 1.37 bits per heavy atom. The fourth-order valence-electron chi connectivity index (χ4n) is 3.42. The molecule has 0 aliphatic carbocycles. The third-order valence-corrected chi connectivity index (χ3v) is 5.25. The molecule has 0 amide bonds. The van der Waals surface area contributed by atoms with Gasteiger partial charge in [0.1, 0.15) is 0 Å². The molecule has 1 aliphatic rings. The number of likely N-dealkylation sites (tertiary alicyclic amines) is 1. The Labute approximate surface area is 180 Å². The van der Waals surface area contributed by atoms with Crippen LogP contribution in [0.15, 0.2) is 23.2 Å². The maximum Gasteiger partial charge on any atom is 0.191 e. The van der Waals surface area contributed by atoms with E-state index in [1.165, 1.54) is 39.1 Å². The van der Waals surface area contributed by atoms with Crippen molar-refractivity contribution in [3.05, 3.63) is 29.6 Å². The van der Waals surface area contributed by atoms with Crippen LogP contribution >= 0.6 is 24.0 Å². The molecule has 1 heterocycles. The Hall–Kier alpha value is -1.09. The molecule has 7 heteroatoms. The van der Waals surface area contributed by atoms with Gasteiger partial charge in [0.05, 0.1) is 13.2 Å². The molecule has 0 spiro atoms. The van der Waals surface area contributed by atoms with Crippen molar-refractivity contribution in [2.24, 2.45) is 10.9 Å². The quantitative estimate of drug-likeness (QED) is 0.346. The first-order valence-corrected chi connectivity index (χ1v) is 9.60. The lowest BCUT2D eigenvalue weighted by molar-refractivity contribution is 0.187. The molecule has 1 aromatic carbocycles. The molecule has 0 bridgehead atoms. The zero-order valence-corrected chi connectivity index (χ0v) is 19.3. The van der Waals surface area contributed by atoms with Crippen molar-refractivity contribution in [2.75, 3.05) is 40.3 Å². The van der Waals surface area contributed by atoms with Gasteiger partial charge in [0.2, 0.25) is 0 Å². The van der Waals surface area contributed by atoms with E-state index in [0.29, 0.717) is 0 Å². The van der Waals surface area contributed by atoms with E-state index in [1.54, 1.807) is 13.1 Å². The lowest BCUT2D eigenvalue weighted by atomic mass is 9.93. The molecule has 1 aromatic rings. The van der Waals surface area contributed by atoms with Crippen LogP contribution in [0.25, 0.3) is 0 Å². The number of rotatable bonds is 7. The van der Waals surface area contributed by atoms with E-state index in [2.05, 4.69) is 27.4 Å². The summed E-state index contributed by atoms with van der Waals surface area (Å²) in [5.74, 6) is 1.45. The number of hydrogen-bond donors (Lipinski definition) is 2. The third-order valence-electron chi connectivity index (χ3n) is 5.25. The van der Waals surface area contributed by atoms with Gasteiger partial charge in [-0.1, -0.05) is 13.0 Å². The molecular formula is C20H34FIN4O. The number of guanidine groups is 1. The molecule has 1 fully saturated rings. The van der Waals surface area contributed by atoms with Gasteiger partial charge in [-0.25, -0.2) is 4.39 Å². The maximum atomic E-state index is 13.9. The highest BCUT2D eigenvalue weighted by Crippen LogP contribution is 2.22. The highest BCUT2D eigenvalue weighted by atomic mass is 127. The monoisotopic (exact) mass is 492 g/mol. The number of halogens is 2. The van der Waals surface area contributed by atoms with Crippen molar-refractivity contribution in [3.63, 3.8) is 0 Å². The molecule has 1 unspecified atom stereocenters. The summed E-state index contributed by atoms with van der Waals surface area (Å²) >= 11 is 0. The number of nitrogens with zero attached hydrogens (tertiary/aromatic N) is 2. The van der Waals surface area contributed by atoms with Gasteiger partial charge in [-0.05, 0) is 69.4 Å². The highest BCUT2D eigenvalue weighted by Gasteiger charge is 2.18. The number of methoxy groups -OCH3 is 1. The number of aliphatic imine (C=N–C) groups is 1. The lowest BCUT2D eigenvalue weighted by Gasteiger charge is -2.31. The number of ether oxygens (including phenoxy) is 1. The standard InChI is InChI=1S/C20H33FN4O.HI/c1-5-25-12-9-16(10-13-25)8-11-23-20(22-3)24-15(2)17-6-7-19(26-4)18(21)14-17;/h6-7,14-16H,5,8-13H2,1-4H3,(H2,22,23,24);1H. The van der Waals surface area contributed by atoms with Crippen LogP contribution in [0.2, 0.25) is 0 Å². The summed E-state index contributed by atoms with van der Waals surface area (Å²) < 4.78 is 18.9. The van der Waals surface area contributed by atoms with Gasteiger partial charge in [-0.2, -0.15) is 0 Å². The molecule has 1 aliphatic heterocycles. The minimum atomic E-state index is -0.347. The van der Waals surface area contributed by atoms with Gasteiger partial charge >= 0.3 is 0 Å². The van der Waals surface area contributed by atoms with Crippen LogP contribution in [0.4, 0.5) is 4.39 Å². The number of nitrogens with one attached hydrogen (secondary N) is 2.